The molecule has 0 amide bonds. The minimum Gasteiger partial charge on any atom is -0.337 e. The zero-order chi connectivity index (χ0) is 13.0. The van der Waals surface area contributed by atoms with Crippen molar-refractivity contribution in [1.82, 2.24) is 9.55 Å². The van der Waals surface area contributed by atoms with E-state index in [0.717, 1.165) is 11.2 Å². The summed E-state index contributed by atoms with van der Waals surface area (Å²) in [4.78, 5) is 3.19. The minimum absolute atomic E-state index is 0.490. The van der Waals surface area contributed by atoms with Crippen molar-refractivity contribution in [2.75, 3.05) is 0 Å². The Hall–Kier alpha value is -1.35. The van der Waals surface area contributed by atoms with Crippen LogP contribution in [-0.2, 0) is 0 Å². The molecule has 0 bridgehead atoms. The van der Waals surface area contributed by atoms with E-state index in [1.165, 1.54) is 24.1 Å². The van der Waals surface area contributed by atoms with Crippen LogP contribution in [0.15, 0.2) is 36.5 Å². The van der Waals surface area contributed by atoms with Crippen molar-refractivity contribution in [3.8, 4) is 11.3 Å². The van der Waals surface area contributed by atoms with Gasteiger partial charge in [-0.15, -0.1) is 0 Å². The molecule has 96 valence electrons. The fourth-order valence-corrected chi connectivity index (χ4v) is 2.73. The van der Waals surface area contributed by atoms with E-state index in [-0.39, 0.29) is 0 Å². The molecule has 1 aromatic carbocycles. The van der Waals surface area contributed by atoms with Gasteiger partial charge in [0.2, 0.25) is 0 Å². The van der Waals surface area contributed by atoms with Gasteiger partial charge in [-0.05, 0) is 30.6 Å². The van der Waals surface area contributed by atoms with Crippen LogP contribution in [0.25, 0.3) is 11.3 Å². The van der Waals surface area contributed by atoms with Crippen molar-refractivity contribution in [1.29, 1.82) is 0 Å². The molecule has 2 nitrogen and oxygen atoms in total. The summed E-state index contributed by atoms with van der Waals surface area (Å²) in [6.45, 7) is 4.45. The van der Waals surface area contributed by atoms with Crippen molar-refractivity contribution in [3.05, 3.63) is 41.3 Å². The summed E-state index contributed by atoms with van der Waals surface area (Å²) in [5.74, 6) is 0. The van der Waals surface area contributed by atoms with Gasteiger partial charge in [-0.2, -0.15) is 0 Å². The quantitative estimate of drug-likeness (QED) is 0.753. The molecule has 3 heteroatoms. The maximum Gasteiger partial charge on any atom is 0.177 e. The summed E-state index contributed by atoms with van der Waals surface area (Å²) in [5, 5.41) is 0. The molecule has 0 radical (unpaired) electrons. The Balaban J connectivity index is 2.47. The van der Waals surface area contributed by atoms with Gasteiger partial charge in [0.15, 0.2) is 4.77 Å². The van der Waals surface area contributed by atoms with Gasteiger partial charge in [0.1, 0.15) is 0 Å². The molecule has 0 aliphatic carbocycles. The van der Waals surface area contributed by atoms with Crippen LogP contribution in [0, 0.1) is 4.77 Å². The number of nitrogens with zero attached hydrogens (tertiary/aromatic N) is 1. The van der Waals surface area contributed by atoms with Gasteiger partial charge in [0.25, 0.3) is 0 Å². The first kappa shape index (κ1) is 13.1. The zero-order valence-electron chi connectivity index (χ0n) is 11.0. The molecule has 1 atom stereocenters. The van der Waals surface area contributed by atoms with Gasteiger partial charge >= 0.3 is 0 Å². The molecule has 1 N–H and O–H groups in total. The molecular formula is C15H20N2S. The Kier molecular flexibility index (Phi) is 4.37. The van der Waals surface area contributed by atoms with Gasteiger partial charge in [0, 0.05) is 12.2 Å². The second-order valence-electron chi connectivity index (χ2n) is 4.57. The second-order valence-corrected chi connectivity index (χ2v) is 4.95. The third kappa shape index (κ3) is 2.56. The maximum absolute atomic E-state index is 5.44. The average Bonchev–Trinajstić information content (AvgIpc) is 2.79. The lowest BCUT2D eigenvalue weighted by Crippen LogP contribution is -2.09. The van der Waals surface area contributed by atoms with Crippen molar-refractivity contribution in [3.63, 3.8) is 0 Å². The molecule has 0 spiro atoms. The van der Waals surface area contributed by atoms with E-state index in [9.17, 15) is 0 Å². The second kappa shape index (κ2) is 6.01. The van der Waals surface area contributed by atoms with E-state index in [2.05, 4.69) is 47.7 Å². The Bertz CT molecular complexity index is 539. The SMILES string of the molecule is CCCC(CC)n1c(-c2ccccc2)c[nH]c1=S. The highest BCUT2D eigenvalue weighted by Gasteiger charge is 2.14. The lowest BCUT2D eigenvalue weighted by molar-refractivity contribution is 0.447. The average molecular weight is 260 g/mol. The lowest BCUT2D eigenvalue weighted by Gasteiger charge is -2.19. The largest absolute Gasteiger partial charge is 0.337 e. The first-order valence-electron chi connectivity index (χ1n) is 6.63. The highest BCUT2D eigenvalue weighted by Crippen LogP contribution is 2.27. The topological polar surface area (TPSA) is 20.7 Å². The Labute approximate surface area is 114 Å². The van der Waals surface area contributed by atoms with Crippen molar-refractivity contribution < 1.29 is 0 Å². The van der Waals surface area contributed by atoms with E-state index < -0.39 is 0 Å². The van der Waals surface area contributed by atoms with E-state index in [1.807, 2.05) is 12.3 Å². The fraction of sp³-hybridized carbons (Fsp3) is 0.400. The van der Waals surface area contributed by atoms with Gasteiger partial charge in [-0.3, -0.25) is 0 Å². The monoisotopic (exact) mass is 260 g/mol. The fourth-order valence-electron chi connectivity index (χ4n) is 2.42. The first-order chi connectivity index (χ1) is 8.77. The summed E-state index contributed by atoms with van der Waals surface area (Å²) in [6, 6.07) is 10.9. The van der Waals surface area contributed by atoms with Crippen LogP contribution in [-0.4, -0.2) is 9.55 Å². The van der Waals surface area contributed by atoms with Crippen molar-refractivity contribution in [2.24, 2.45) is 0 Å². The van der Waals surface area contributed by atoms with Crippen molar-refractivity contribution >= 4 is 12.2 Å². The number of hydrogen-bond acceptors (Lipinski definition) is 1. The molecule has 1 aromatic heterocycles. The van der Waals surface area contributed by atoms with Crippen LogP contribution >= 0.6 is 12.2 Å². The van der Waals surface area contributed by atoms with Crippen LogP contribution in [0.1, 0.15) is 39.2 Å². The number of aromatic amines is 1. The molecule has 2 rings (SSSR count). The van der Waals surface area contributed by atoms with Gasteiger partial charge in [0.05, 0.1) is 5.69 Å². The van der Waals surface area contributed by atoms with Gasteiger partial charge in [-0.25, -0.2) is 0 Å². The third-order valence-corrected chi connectivity index (χ3v) is 3.65. The Morgan fingerprint density at radius 1 is 1.22 bits per heavy atom. The van der Waals surface area contributed by atoms with Gasteiger partial charge in [-0.1, -0.05) is 50.6 Å². The lowest BCUT2D eigenvalue weighted by atomic mass is 10.1. The Morgan fingerprint density at radius 2 is 1.94 bits per heavy atom. The molecule has 18 heavy (non-hydrogen) atoms. The zero-order valence-corrected chi connectivity index (χ0v) is 11.8. The highest BCUT2D eigenvalue weighted by atomic mass is 32.1. The third-order valence-electron chi connectivity index (χ3n) is 3.34. The van der Waals surface area contributed by atoms with E-state index in [1.54, 1.807) is 0 Å². The summed E-state index contributed by atoms with van der Waals surface area (Å²) in [5.41, 5.74) is 2.42. The van der Waals surface area contributed by atoms with Crippen molar-refractivity contribution in [2.45, 2.75) is 39.2 Å². The maximum atomic E-state index is 5.44. The van der Waals surface area contributed by atoms with E-state index in [4.69, 9.17) is 12.2 Å². The van der Waals surface area contributed by atoms with Crippen LogP contribution in [0.3, 0.4) is 0 Å². The molecule has 0 aliphatic rings. The van der Waals surface area contributed by atoms with E-state index >= 15 is 0 Å². The van der Waals surface area contributed by atoms with E-state index in [0.29, 0.717) is 6.04 Å². The van der Waals surface area contributed by atoms with Crippen LogP contribution < -0.4 is 0 Å². The number of nitrogens with one attached hydrogen (secondary N) is 1. The van der Waals surface area contributed by atoms with Crippen LogP contribution in [0.2, 0.25) is 0 Å². The minimum atomic E-state index is 0.490. The molecule has 0 saturated carbocycles. The normalized spacial score (nSPS) is 12.6. The molecule has 0 fully saturated rings. The smallest absolute Gasteiger partial charge is 0.177 e. The van der Waals surface area contributed by atoms with Crippen LogP contribution in [0.5, 0.6) is 0 Å². The summed E-state index contributed by atoms with van der Waals surface area (Å²) >= 11 is 5.44. The van der Waals surface area contributed by atoms with Crippen LogP contribution in [0.4, 0.5) is 0 Å². The standard InChI is InChI=1S/C15H20N2S/c1-3-8-13(4-2)17-14(11-16-15(17)18)12-9-6-5-7-10-12/h5-7,9-11,13H,3-4,8H2,1-2H3,(H,16,18). The highest BCUT2D eigenvalue weighted by molar-refractivity contribution is 7.71. The summed E-state index contributed by atoms with van der Waals surface area (Å²) in [6.07, 6.45) is 5.48. The number of H-pyrrole nitrogens is 1. The molecule has 1 heterocycles. The molecule has 0 saturated heterocycles. The summed E-state index contributed by atoms with van der Waals surface area (Å²) < 4.78 is 3.10. The number of imidazole rings is 1. The number of hydrogen-bond donors (Lipinski definition) is 1. The first-order valence-corrected chi connectivity index (χ1v) is 7.04. The predicted octanol–water partition coefficient (Wildman–Crippen LogP) is 4.96. The molecule has 0 aliphatic heterocycles. The molecule has 1 unspecified atom stereocenters. The molecular weight excluding hydrogens is 240 g/mol. The number of rotatable bonds is 5. The number of aromatic nitrogens is 2. The number of benzene rings is 1. The molecule has 2 aromatic rings. The van der Waals surface area contributed by atoms with Gasteiger partial charge < -0.3 is 9.55 Å². The Morgan fingerprint density at radius 3 is 2.56 bits per heavy atom. The predicted molar refractivity (Wildman–Crippen MR) is 79.3 cm³/mol. The summed E-state index contributed by atoms with van der Waals surface area (Å²) in [7, 11) is 0.